The Morgan fingerprint density at radius 2 is 1.58 bits per heavy atom. The first-order valence-electron chi connectivity index (χ1n) is 11.8. The maximum absolute atomic E-state index is 14.1. The highest BCUT2D eigenvalue weighted by Crippen LogP contribution is 2.37. The summed E-state index contributed by atoms with van der Waals surface area (Å²) in [4.78, 5) is 9.18. The second-order valence-electron chi connectivity index (χ2n) is 8.86. The maximum Gasteiger partial charge on any atom is 0.269 e. The molecule has 0 fully saturated rings. The molecule has 8 heteroatoms. The molecule has 0 radical (unpaired) electrons. The van der Waals surface area contributed by atoms with Gasteiger partial charge in [-0.1, -0.05) is 29.8 Å². The molecule has 7 nitrogen and oxygen atoms in total. The highest BCUT2D eigenvalue weighted by Gasteiger charge is 2.30. The molecule has 0 aliphatic rings. The molecule has 0 saturated carbocycles. The van der Waals surface area contributed by atoms with Gasteiger partial charge in [0.25, 0.3) is 10.0 Å². The van der Waals surface area contributed by atoms with E-state index in [9.17, 15) is 8.42 Å². The average Bonchev–Trinajstić information content (AvgIpc) is 2.90. The summed E-state index contributed by atoms with van der Waals surface area (Å²) < 4.78 is 29.5. The SMILES string of the molecule is Cc1ccc(S(=O)(=O)N(c2ccnc(Cc3ccc(C#N)cc3)n2)c2c(C)cc(/C=C/C#N)cc2C)cc1. The summed E-state index contributed by atoms with van der Waals surface area (Å²) in [5, 5.41) is 18.0. The zero-order valence-electron chi connectivity index (χ0n) is 21.3. The van der Waals surface area contributed by atoms with Gasteiger partial charge in [0.1, 0.15) is 5.82 Å². The Labute approximate surface area is 223 Å². The number of hydrogen-bond donors (Lipinski definition) is 0. The van der Waals surface area contributed by atoms with Crippen LogP contribution in [0.25, 0.3) is 6.08 Å². The molecule has 0 saturated heterocycles. The van der Waals surface area contributed by atoms with Crippen LogP contribution in [-0.2, 0) is 16.4 Å². The van der Waals surface area contributed by atoms with E-state index in [2.05, 4.69) is 16.0 Å². The molecule has 188 valence electrons. The molecule has 0 spiro atoms. The molecule has 0 amide bonds. The number of hydrogen-bond acceptors (Lipinski definition) is 6. The number of benzene rings is 3. The first-order chi connectivity index (χ1) is 18.2. The third kappa shape index (κ3) is 5.62. The highest BCUT2D eigenvalue weighted by atomic mass is 32.2. The third-order valence-electron chi connectivity index (χ3n) is 5.97. The zero-order valence-corrected chi connectivity index (χ0v) is 22.1. The molecule has 0 bridgehead atoms. The molecule has 1 heterocycles. The van der Waals surface area contributed by atoms with Gasteiger partial charge < -0.3 is 0 Å². The summed E-state index contributed by atoms with van der Waals surface area (Å²) in [6.07, 6.45) is 4.99. The molecular weight excluding hydrogens is 494 g/mol. The van der Waals surface area contributed by atoms with Crippen molar-refractivity contribution in [3.05, 3.63) is 118 Å². The number of sulfonamides is 1. The lowest BCUT2D eigenvalue weighted by Gasteiger charge is -2.27. The fourth-order valence-electron chi connectivity index (χ4n) is 4.18. The van der Waals surface area contributed by atoms with Crippen molar-refractivity contribution in [2.45, 2.75) is 32.1 Å². The van der Waals surface area contributed by atoms with E-state index in [4.69, 9.17) is 10.5 Å². The molecule has 3 aromatic carbocycles. The van der Waals surface area contributed by atoms with Crippen molar-refractivity contribution in [3.63, 3.8) is 0 Å². The predicted molar refractivity (Wildman–Crippen MR) is 147 cm³/mol. The molecule has 1 aromatic heterocycles. The molecule has 0 aliphatic heterocycles. The molecular formula is C30H25N5O2S. The van der Waals surface area contributed by atoms with Crippen molar-refractivity contribution in [3.8, 4) is 12.1 Å². The van der Waals surface area contributed by atoms with Crippen LogP contribution >= 0.6 is 0 Å². The molecule has 38 heavy (non-hydrogen) atoms. The Morgan fingerprint density at radius 1 is 0.921 bits per heavy atom. The van der Waals surface area contributed by atoms with Crippen molar-refractivity contribution >= 4 is 27.6 Å². The minimum absolute atomic E-state index is 0.141. The van der Waals surface area contributed by atoms with Gasteiger partial charge in [-0.3, -0.25) is 0 Å². The van der Waals surface area contributed by atoms with Gasteiger partial charge in [-0.25, -0.2) is 22.7 Å². The van der Waals surface area contributed by atoms with E-state index in [0.717, 1.165) is 16.7 Å². The van der Waals surface area contributed by atoms with Crippen LogP contribution in [-0.4, -0.2) is 18.4 Å². The fourth-order valence-corrected chi connectivity index (χ4v) is 5.75. The van der Waals surface area contributed by atoms with Crippen molar-refractivity contribution in [2.75, 3.05) is 4.31 Å². The predicted octanol–water partition coefficient (Wildman–Crippen LogP) is 5.93. The minimum Gasteiger partial charge on any atom is -0.241 e. The molecule has 4 rings (SSSR count). The summed E-state index contributed by atoms with van der Waals surface area (Å²) in [6, 6.07) is 23.1. The standard InChI is InChI=1S/C30H25N5O2S/c1-21-6-12-27(13-7-21)38(36,37)35(30-22(2)17-26(5-4-15-31)18-23(30)3)29-14-16-33-28(34-29)19-24-8-10-25(20-32)11-9-24/h4-14,16-18H,19H2,1-3H3/b5-4+. The van der Waals surface area contributed by atoms with Gasteiger partial charge in [-0.15, -0.1) is 0 Å². The van der Waals surface area contributed by atoms with Gasteiger partial charge in [0.2, 0.25) is 0 Å². The van der Waals surface area contributed by atoms with Crippen molar-refractivity contribution in [1.29, 1.82) is 10.5 Å². The number of allylic oxidation sites excluding steroid dienone is 1. The van der Waals surface area contributed by atoms with Gasteiger partial charge >= 0.3 is 0 Å². The number of aromatic nitrogens is 2. The number of rotatable bonds is 7. The summed E-state index contributed by atoms with van der Waals surface area (Å²) in [6.45, 7) is 5.57. The Hall–Kier alpha value is -4.79. The molecule has 0 unspecified atom stereocenters. The summed E-state index contributed by atoms with van der Waals surface area (Å²) in [5.41, 5.74) is 5.11. The molecule has 0 atom stereocenters. The van der Waals surface area contributed by atoms with Gasteiger partial charge in [-0.05, 0) is 85.5 Å². The topological polar surface area (TPSA) is 111 Å². The van der Waals surface area contributed by atoms with Crippen LogP contribution in [0.15, 0.2) is 83.9 Å². The van der Waals surface area contributed by atoms with Crippen molar-refractivity contribution in [1.82, 2.24) is 9.97 Å². The van der Waals surface area contributed by atoms with Gasteiger partial charge in [-0.2, -0.15) is 10.5 Å². The Kier molecular flexibility index (Phi) is 7.66. The van der Waals surface area contributed by atoms with Crippen molar-refractivity contribution in [2.24, 2.45) is 0 Å². The van der Waals surface area contributed by atoms with Crippen molar-refractivity contribution < 1.29 is 8.42 Å². The smallest absolute Gasteiger partial charge is 0.241 e. The van der Waals surface area contributed by atoms with E-state index in [1.807, 2.05) is 51.1 Å². The van der Waals surface area contributed by atoms with Gasteiger partial charge in [0.05, 0.1) is 28.3 Å². The Bertz CT molecular complexity index is 1670. The highest BCUT2D eigenvalue weighted by molar-refractivity contribution is 7.93. The van der Waals surface area contributed by atoms with E-state index >= 15 is 0 Å². The molecule has 4 aromatic rings. The first kappa shape index (κ1) is 26.3. The fraction of sp³-hybridized carbons (Fsp3) is 0.133. The van der Waals surface area contributed by atoms with E-state index in [-0.39, 0.29) is 10.7 Å². The normalized spacial score (nSPS) is 11.2. The third-order valence-corrected chi connectivity index (χ3v) is 7.69. The lowest BCUT2D eigenvalue weighted by atomic mass is 10.0. The van der Waals surface area contributed by atoms with E-state index in [1.54, 1.807) is 54.7 Å². The monoisotopic (exact) mass is 519 g/mol. The Morgan fingerprint density at radius 3 is 2.18 bits per heavy atom. The lowest BCUT2D eigenvalue weighted by Crippen LogP contribution is -2.29. The van der Waals surface area contributed by atoms with Crippen LogP contribution in [0.2, 0.25) is 0 Å². The largest absolute Gasteiger partial charge is 0.269 e. The lowest BCUT2D eigenvalue weighted by molar-refractivity contribution is 0.595. The second kappa shape index (κ2) is 11.1. The van der Waals surface area contributed by atoms with Gasteiger partial charge in [0, 0.05) is 24.8 Å². The number of nitriles is 2. The average molecular weight is 520 g/mol. The second-order valence-corrected chi connectivity index (χ2v) is 10.7. The van der Waals surface area contributed by atoms with Crippen LogP contribution in [0.1, 0.15) is 39.2 Å². The molecule has 0 N–H and O–H groups in total. The van der Waals surface area contributed by atoms with Crippen LogP contribution in [0.3, 0.4) is 0 Å². The van der Waals surface area contributed by atoms with E-state index in [0.29, 0.717) is 34.6 Å². The number of nitrogens with zero attached hydrogens (tertiary/aromatic N) is 5. The van der Waals surface area contributed by atoms with E-state index < -0.39 is 10.0 Å². The summed E-state index contributed by atoms with van der Waals surface area (Å²) >= 11 is 0. The minimum atomic E-state index is -4.06. The quantitative estimate of drug-likeness (QED) is 0.280. The maximum atomic E-state index is 14.1. The summed E-state index contributed by atoms with van der Waals surface area (Å²) in [7, 11) is -4.06. The van der Waals surface area contributed by atoms with Crippen LogP contribution in [0, 0.1) is 43.4 Å². The Balaban J connectivity index is 1.86. The number of anilines is 2. The van der Waals surface area contributed by atoms with Crippen LogP contribution < -0.4 is 4.31 Å². The van der Waals surface area contributed by atoms with Crippen LogP contribution in [0.4, 0.5) is 11.5 Å². The number of aryl methyl sites for hydroxylation is 3. The van der Waals surface area contributed by atoms with Crippen LogP contribution in [0.5, 0.6) is 0 Å². The zero-order chi connectivity index (χ0) is 27.3. The summed E-state index contributed by atoms with van der Waals surface area (Å²) in [5.74, 6) is 0.663. The molecule has 0 aliphatic carbocycles. The van der Waals surface area contributed by atoms with Gasteiger partial charge in [0.15, 0.2) is 5.82 Å². The first-order valence-corrected chi connectivity index (χ1v) is 13.3. The van der Waals surface area contributed by atoms with E-state index in [1.165, 1.54) is 10.4 Å².